The van der Waals surface area contributed by atoms with Crippen molar-refractivity contribution in [1.29, 1.82) is 0 Å². The van der Waals surface area contributed by atoms with Crippen LogP contribution in [0.3, 0.4) is 0 Å². The summed E-state index contributed by atoms with van der Waals surface area (Å²) in [5.41, 5.74) is 0.988. The first-order valence-electron chi connectivity index (χ1n) is 7.77. The summed E-state index contributed by atoms with van der Waals surface area (Å²) in [6.45, 7) is 1.97. The van der Waals surface area contributed by atoms with E-state index in [9.17, 15) is 14.7 Å². The van der Waals surface area contributed by atoms with Gasteiger partial charge in [0.2, 0.25) is 0 Å². The zero-order valence-corrected chi connectivity index (χ0v) is 14.2. The second-order valence-corrected chi connectivity index (χ2v) is 5.51. The highest BCUT2D eigenvalue weighted by Crippen LogP contribution is 2.12. The number of benzene rings is 1. The molecule has 0 aliphatic carbocycles. The van der Waals surface area contributed by atoms with Crippen molar-refractivity contribution in [3.8, 4) is 5.75 Å². The molecule has 5 N–H and O–H groups in total. The number of carboxylic acids is 2. The van der Waals surface area contributed by atoms with E-state index in [4.69, 9.17) is 20.4 Å². The molecular weight excluding hydrogens is 344 g/mol. The molecule has 1 aliphatic rings. The molecule has 0 spiro atoms. The van der Waals surface area contributed by atoms with Crippen LogP contribution in [0.2, 0.25) is 0 Å². The SMILES string of the molecule is CN1CCCN=C1/C=C/c1cccc(O)c1.O=C(O)[C@H](O)[C@@H](O)C(=O)O. The summed E-state index contributed by atoms with van der Waals surface area (Å²) in [7, 11) is 2.05. The Labute approximate surface area is 150 Å². The fraction of sp³-hybridized carbons (Fsp3) is 0.353. The topological polar surface area (TPSA) is 151 Å². The highest BCUT2D eigenvalue weighted by atomic mass is 16.4. The van der Waals surface area contributed by atoms with Crippen molar-refractivity contribution in [2.45, 2.75) is 18.6 Å². The Morgan fingerprint density at radius 1 is 1.15 bits per heavy atom. The smallest absolute Gasteiger partial charge is 0.335 e. The van der Waals surface area contributed by atoms with Crippen LogP contribution in [0.25, 0.3) is 6.08 Å². The van der Waals surface area contributed by atoms with Crippen LogP contribution in [-0.2, 0) is 9.59 Å². The van der Waals surface area contributed by atoms with Crippen molar-refractivity contribution in [2.75, 3.05) is 20.1 Å². The molecule has 1 heterocycles. The van der Waals surface area contributed by atoms with Gasteiger partial charge in [-0.25, -0.2) is 9.59 Å². The lowest BCUT2D eigenvalue weighted by molar-refractivity contribution is -0.165. The molecule has 26 heavy (non-hydrogen) atoms. The first kappa shape index (κ1) is 21.1. The molecule has 0 saturated carbocycles. The molecule has 1 aromatic carbocycles. The number of phenolic OH excluding ortho intramolecular Hbond substituents is 1. The average molecular weight is 366 g/mol. The first-order chi connectivity index (χ1) is 12.2. The van der Waals surface area contributed by atoms with Gasteiger partial charge >= 0.3 is 11.9 Å². The second kappa shape index (κ2) is 10.2. The Hall–Kier alpha value is -2.91. The number of rotatable bonds is 5. The number of likely N-dealkylation sites (N-methyl/N-ethyl adjacent to an activating group) is 1. The zero-order chi connectivity index (χ0) is 19.7. The lowest BCUT2D eigenvalue weighted by atomic mass is 10.2. The third-order valence-electron chi connectivity index (χ3n) is 3.42. The molecule has 0 amide bonds. The standard InChI is InChI=1S/C13H16N2O.C4H6O6/c1-15-9-3-8-14-13(15)7-6-11-4-2-5-12(16)10-11;5-1(3(7)8)2(6)4(9)10/h2,4-7,10,16H,3,8-9H2,1H3;1-2,5-6H,(H,7,8)(H,9,10)/b7-6+;/t;1-,2-/m.1/s1. The summed E-state index contributed by atoms with van der Waals surface area (Å²) in [4.78, 5) is 26.1. The average Bonchev–Trinajstić information content (AvgIpc) is 2.60. The largest absolute Gasteiger partial charge is 0.508 e. The van der Waals surface area contributed by atoms with Gasteiger partial charge in [0, 0.05) is 20.1 Å². The van der Waals surface area contributed by atoms with Crippen LogP contribution in [0.1, 0.15) is 12.0 Å². The third-order valence-corrected chi connectivity index (χ3v) is 3.42. The van der Waals surface area contributed by atoms with E-state index in [0.29, 0.717) is 5.75 Å². The summed E-state index contributed by atoms with van der Waals surface area (Å²) in [6.07, 6.45) is 0.559. The molecule has 2 rings (SSSR count). The Balaban J connectivity index is 0.000000294. The zero-order valence-electron chi connectivity index (χ0n) is 14.2. The monoisotopic (exact) mass is 366 g/mol. The van der Waals surface area contributed by atoms with E-state index in [0.717, 1.165) is 30.9 Å². The molecule has 0 fully saturated rings. The molecule has 9 heteroatoms. The molecule has 0 aromatic heterocycles. The Morgan fingerprint density at radius 2 is 1.77 bits per heavy atom. The van der Waals surface area contributed by atoms with Gasteiger partial charge in [0.25, 0.3) is 0 Å². The summed E-state index contributed by atoms with van der Waals surface area (Å²) in [5.74, 6) is -2.24. The molecule has 2 atom stereocenters. The fourth-order valence-corrected chi connectivity index (χ4v) is 1.99. The van der Waals surface area contributed by atoms with Crippen molar-refractivity contribution in [2.24, 2.45) is 4.99 Å². The molecular formula is C17H22N2O7. The number of aromatic hydroxyl groups is 1. The van der Waals surface area contributed by atoms with Crippen LogP contribution in [0.5, 0.6) is 5.75 Å². The molecule has 1 aliphatic heterocycles. The van der Waals surface area contributed by atoms with Crippen LogP contribution >= 0.6 is 0 Å². The van der Waals surface area contributed by atoms with E-state index in [2.05, 4.69) is 9.89 Å². The minimum Gasteiger partial charge on any atom is -0.508 e. The van der Waals surface area contributed by atoms with E-state index in [1.165, 1.54) is 0 Å². The number of hydrogen-bond donors (Lipinski definition) is 5. The number of aliphatic carboxylic acids is 2. The van der Waals surface area contributed by atoms with Crippen molar-refractivity contribution in [3.05, 3.63) is 35.9 Å². The number of aliphatic imine (C=N–C) groups is 1. The number of nitrogens with zero attached hydrogens (tertiary/aromatic N) is 2. The summed E-state index contributed by atoms with van der Waals surface area (Å²) >= 11 is 0. The van der Waals surface area contributed by atoms with Gasteiger partial charge in [0.15, 0.2) is 12.2 Å². The van der Waals surface area contributed by atoms with E-state index in [-0.39, 0.29) is 0 Å². The number of aliphatic hydroxyl groups excluding tert-OH is 2. The molecule has 1 aromatic rings. The van der Waals surface area contributed by atoms with Crippen LogP contribution in [0.15, 0.2) is 35.3 Å². The van der Waals surface area contributed by atoms with Gasteiger partial charge in [0.1, 0.15) is 11.6 Å². The summed E-state index contributed by atoms with van der Waals surface area (Å²) < 4.78 is 0. The molecule has 0 radical (unpaired) electrons. The molecule has 0 saturated heterocycles. The minimum atomic E-state index is -2.27. The minimum absolute atomic E-state index is 0.293. The van der Waals surface area contributed by atoms with Crippen molar-refractivity contribution < 1.29 is 35.1 Å². The highest BCUT2D eigenvalue weighted by molar-refractivity contribution is 5.96. The van der Waals surface area contributed by atoms with Crippen LogP contribution in [0.4, 0.5) is 0 Å². The predicted octanol–water partition coefficient (Wildman–Crippen LogP) is 0.0168. The number of carboxylic acid groups (broad SMARTS) is 2. The van der Waals surface area contributed by atoms with Crippen molar-refractivity contribution >= 4 is 23.9 Å². The van der Waals surface area contributed by atoms with Gasteiger partial charge in [-0.15, -0.1) is 0 Å². The quantitative estimate of drug-likeness (QED) is 0.489. The van der Waals surface area contributed by atoms with Gasteiger partial charge in [-0.05, 0) is 30.2 Å². The maximum absolute atomic E-state index is 9.77. The molecule has 0 unspecified atom stereocenters. The van der Waals surface area contributed by atoms with Crippen LogP contribution < -0.4 is 0 Å². The lowest BCUT2D eigenvalue weighted by Crippen LogP contribution is -2.39. The van der Waals surface area contributed by atoms with Crippen LogP contribution in [0, 0.1) is 0 Å². The van der Waals surface area contributed by atoms with E-state index in [1.54, 1.807) is 12.1 Å². The fourth-order valence-electron chi connectivity index (χ4n) is 1.99. The van der Waals surface area contributed by atoms with Gasteiger partial charge < -0.3 is 30.4 Å². The van der Waals surface area contributed by atoms with E-state index in [1.807, 2.05) is 31.3 Å². The second-order valence-electron chi connectivity index (χ2n) is 5.51. The summed E-state index contributed by atoms with van der Waals surface area (Å²) in [5, 5.41) is 41.9. The normalized spacial score (nSPS) is 16.3. The van der Waals surface area contributed by atoms with Crippen molar-refractivity contribution in [3.63, 3.8) is 0 Å². The number of aliphatic hydroxyl groups is 2. The van der Waals surface area contributed by atoms with E-state index < -0.39 is 24.1 Å². The molecule has 0 bridgehead atoms. The van der Waals surface area contributed by atoms with E-state index >= 15 is 0 Å². The Kier molecular flexibility index (Phi) is 8.26. The number of hydrogen-bond acceptors (Lipinski definition) is 7. The first-order valence-corrected chi connectivity index (χ1v) is 7.77. The predicted molar refractivity (Wildman–Crippen MR) is 94.0 cm³/mol. The summed E-state index contributed by atoms with van der Waals surface area (Å²) in [6, 6.07) is 7.20. The highest BCUT2D eigenvalue weighted by Gasteiger charge is 2.29. The number of phenols is 1. The lowest BCUT2D eigenvalue weighted by Gasteiger charge is -2.22. The molecule has 9 nitrogen and oxygen atoms in total. The van der Waals surface area contributed by atoms with Gasteiger partial charge in [0.05, 0.1) is 0 Å². The number of carbonyl (C=O) groups is 2. The van der Waals surface area contributed by atoms with Gasteiger partial charge in [-0.2, -0.15) is 0 Å². The van der Waals surface area contributed by atoms with Gasteiger partial charge in [-0.1, -0.05) is 18.2 Å². The molecule has 142 valence electrons. The number of amidine groups is 1. The Morgan fingerprint density at radius 3 is 2.27 bits per heavy atom. The maximum Gasteiger partial charge on any atom is 0.335 e. The van der Waals surface area contributed by atoms with Crippen molar-refractivity contribution in [1.82, 2.24) is 4.90 Å². The maximum atomic E-state index is 9.77. The van der Waals surface area contributed by atoms with Gasteiger partial charge in [-0.3, -0.25) is 4.99 Å². The Bertz CT molecular complexity index is 669. The van der Waals surface area contributed by atoms with Crippen LogP contribution in [-0.4, -0.2) is 80.6 Å². The third kappa shape index (κ3) is 6.91.